The van der Waals surface area contributed by atoms with Gasteiger partial charge in [0.05, 0.1) is 21.4 Å². The van der Waals surface area contributed by atoms with Crippen LogP contribution in [0.1, 0.15) is 12.8 Å². The van der Waals surface area contributed by atoms with Gasteiger partial charge in [-0.1, -0.05) is 29.4 Å². The number of nitrogens with zero attached hydrogens (tertiary/aromatic N) is 4. The van der Waals surface area contributed by atoms with Gasteiger partial charge in [0.15, 0.2) is 5.16 Å². The topological polar surface area (TPSA) is 97.2 Å². The van der Waals surface area contributed by atoms with Crippen molar-refractivity contribution in [2.75, 3.05) is 24.2 Å². The van der Waals surface area contributed by atoms with Crippen molar-refractivity contribution in [2.24, 2.45) is 0 Å². The molecule has 0 unspecified atom stereocenters. The second kappa shape index (κ2) is 9.08. The molecule has 0 spiro atoms. The molecule has 28 heavy (non-hydrogen) atoms. The first-order chi connectivity index (χ1) is 13.4. The number of amides is 1. The van der Waals surface area contributed by atoms with E-state index in [9.17, 15) is 13.2 Å². The number of carbonyl (C=O) groups is 1. The van der Waals surface area contributed by atoms with Gasteiger partial charge in [0.2, 0.25) is 15.9 Å². The maximum absolute atomic E-state index is 12.7. The van der Waals surface area contributed by atoms with Gasteiger partial charge in [-0.15, -0.1) is 16.8 Å². The van der Waals surface area contributed by atoms with E-state index >= 15 is 0 Å². The minimum Gasteiger partial charge on any atom is -0.324 e. The fourth-order valence-electron chi connectivity index (χ4n) is 2.78. The van der Waals surface area contributed by atoms with E-state index in [0.29, 0.717) is 24.8 Å². The van der Waals surface area contributed by atoms with Crippen molar-refractivity contribution in [3.8, 4) is 0 Å². The lowest BCUT2D eigenvalue weighted by Crippen LogP contribution is -2.28. The predicted molar refractivity (Wildman–Crippen MR) is 109 cm³/mol. The number of benzene rings is 1. The number of aromatic nitrogens is 3. The van der Waals surface area contributed by atoms with E-state index in [1.807, 2.05) is 0 Å². The molecule has 150 valence electrons. The van der Waals surface area contributed by atoms with E-state index in [2.05, 4.69) is 22.1 Å². The predicted octanol–water partition coefficient (Wildman–Crippen LogP) is 2.63. The van der Waals surface area contributed by atoms with Crippen LogP contribution in [0.2, 0.25) is 5.02 Å². The molecular formula is C17H20ClN5O3S2. The molecular weight excluding hydrogens is 422 g/mol. The molecule has 2 aromatic rings. The first-order valence-corrected chi connectivity index (χ1v) is 11.4. The molecule has 0 atom stereocenters. The number of hydrogen-bond donors (Lipinski definition) is 1. The maximum atomic E-state index is 12.7. The molecule has 11 heteroatoms. The lowest BCUT2D eigenvalue weighted by Gasteiger charge is -2.16. The van der Waals surface area contributed by atoms with Gasteiger partial charge in [0.1, 0.15) is 6.33 Å². The molecule has 8 nitrogen and oxygen atoms in total. The van der Waals surface area contributed by atoms with Crippen molar-refractivity contribution in [1.29, 1.82) is 0 Å². The first-order valence-electron chi connectivity index (χ1n) is 8.63. The molecule has 1 aromatic carbocycles. The van der Waals surface area contributed by atoms with Crippen LogP contribution in [0.25, 0.3) is 0 Å². The quantitative estimate of drug-likeness (QED) is 0.499. The Balaban J connectivity index is 1.68. The number of thioether (sulfide) groups is 1. The molecule has 0 saturated carbocycles. The smallest absolute Gasteiger partial charge is 0.243 e. The number of sulfonamides is 1. The van der Waals surface area contributed by atoms with Crippen molar-refractivity contribution < 1.29 is 13.2 Å². The van der Waals surface area contributed by atoms with Gasteiger partial charge < -0.3 is 9.88 Å². The van der Waals surface area contributed by atoms with Gasteiger partial charge in [0, 0.05) is 19.6 Å². The number of nitrogens with one attached hydrogen (secondary N) is 1. The van der Waals surface area contributed by atoms with Crippen LogP contribution in [0, 0.1) is 0 Å². The summed E-state index contributed by atoms with van der Waals surface area (Å²) in [6.45, 7) is 5.22. The van der Waals surface area contributed by atoms with E-state index in [4.69, 9.17) is 11.6 Å². The number of anilines is 1. The lowest BCUT2D eigenvalue weighted by molar-refractivity contribution is -0.113. The number of allylic oxidation sites excluding steroid dienone is 1. The van der Waals surface area contributed by atoms with Crippen LogP contribution < -0.4 is 5.32 Å². The van der Waals surface area contributed by atoms with Crippen molar-refractivity contribution in [1.82, 2.24) is 19.1 Å². The molecule has 1 fully saturated rings. The Morgan fingerprint density at radius 2 is 2.11 bits per heavy atom. The van der Waals surface area contributed by atoms with Crippen LogP contribution in [0.15, 0.2) is 47.2 Å². The second-order valence-electron chi connectivity index (χ2n) is 6.14. The highest BCUT2D eigenvalue weighted by atomic mass is 35.5. The van der Waals surface area contributed by atoms with E-state index in [0.717, 1.165) is 12.8 Å². The summed E-state index contributed by atoms with van der Waals surface area (Å²) < 4.78 is 28.6. The van der Waals surface area contributed by atoms with Gasteiger partial charge in [-0.25, -0.2) is 8.42 Å². The summed E-state index contributed by atoms with van der Waals surface area (Å²) in [6, 6.07) is 4.34. The monoisotopic (exact) mass is 441 g/mol. The molecule has 1 amide bonds. The molecule has 1 N–H and O–H groups in total. The molecule has 1 aliphatic heterocycles. The summed E-state index contributed by atoms with van der Waals surface area (Å²) in [6.07, 6.45) is 4.97. The van der Waals surface area contributed by atoms with Gasteiger partial charge >= 0.3 is 0 Å². The zero-order valence-electron chi connectivity index (χ0n) is 15.0. The van der Waals surface area contributed by atoms with Crippen LogP contribution in [-0.2, 0) is 21.4 Å². The highest BCUT2D eigenvalue weighted by Gasteiger charge is 2.27. The largest absolute Gasteiger partial charge is 0.324 e. The fourth-order valence-corrected chi connectivity index (χ4v) is 5.21. The maximum Gasteiger partial charge on any atom is 0.243 e. The van der Waals surface area contributed by atoms with Crippen molar-refractivity contribution in [3.63, 3.8) is 0 Å². The van der Waals surface area contributed by atoms with Gasteiger partial charge in [0.25, 0.3) is 0 Å². The summed E-state index contributed by atoms with van der Waals surface area (Å²) >= 11 is 7.37. The molecule has 1 saturated heterocycles. The summed E-state index contributed by atoms with van der Waals surface area (Å²) in [5, 5.41) is 11.3. The molecule has 3 rings (SSSR count). The summed E-state index contributed by atoms with van der Waals surface area (Å²) in [5.41, 5.74) is 0.264. The second-order valence-corrected chi connectivity index (χ2v) is 9.43. The Labute approximate surface area is 173 Å². The van der Waals surface area contributed by atoms with Crippen LogP contribution in [-0.4, -0.2) is 52.2 Å². The minimum absolute atomic E-state index is 0.0786. The number of carbonyl (C=O) groups excluding carboxylic acids is 1. The molecule has 0 radical (unpaired) electrons. The van der Waals surface area contributed by atoms with Crippen molar-refractivity contribution in [3.05, 3.63) is 42.2 Å². The first kappa shape index (κ1) is 20.8. The Morgan fingerprint density at radius 3 is 2.82 bits per heavy atom. The van der Waals surface area contributed by atoms with E-state index in [1.54, 1.807) is 17.0 Å². The highest BCUT2D eigenvalue weighted by molar-refractivity contribution is 7.99. The zero-order chi connectivity index (χ0) is 20.1. The Bertz CT molecular complexity index is 971. The standard InChI is InChI=1S/C17H20ClN5O3S2/c1-2-7-22-12-19-21-17(22)27-11-16(24)20-15-10-13(5-6-14(15)18)28(25,26)23-8-3-4-9-23/h2,5-6,10,12H,1,3-4,7-9,11H2,(H,20,24). The number of hydrogen-bond acceptors (Lipinski definition) is 6. The number of rotatable bonds is 8. The molecule has 1 aliphatic rings. The Hall–Kier alpha value is -1.88. The van der Waals surface area contributed by atoms with E-state index in [-0.39, 0.29) is 27.3 Å². The summed E-state index contributed by atoms with van der Waals surface area (Å²) in [5.74, 6) is -0.245. The highest BCUT2D eigenvalue weighted by Crippen LogP contribution is 2.28. The SMILES string of the molecule is C=CCn1cnnc1SCC(=O)Nc1cc(S(=O)(=O)N2CCCC2)ccc1Cl. The van der Waals surface area contributed by atoms with Gasteiger partial charge in [-0.2, -0.15) is 4.31 Å². The third kappa shape index (κ3) is 4.75. The van der Waals surface area contributed by atoms with Crippen LogP contribution in [0.3, 0.4) is 0 Å². The third-order valence-electron chi connectivity index (χ3n) is 4.15. The Morgan fingerprint density at radius 1 is 1.36 bits per heavy atom. The summed E-state index contributed by atoms with van der Waals surface area (Å²) in [4.78, 5) is 12.4. The van der Waals surface area contributed by atoms with Gasteiger partial charge in [-0.05, 0) is 31.0 Å². The molecule has 1 aromatic heterocycles. The summed E-state index contributed by atoms with van der Waals surface area (Å²) in [7, 11) is -3.59. The average Bonchev–Trinajstić information content (AvgIpc) is 3.34. The number of halogens is 1. The van der Waals surface area contributed by atoms with E-state index in [1.165, 1.54) is 34.3 Å². The third-order valence-corrected chi connectivity index (χ3v) is 7.36. The van der Waals surface area contributed by atoms with E-state index < -0.39 is 10.0 Å². The normalized spacial score (nSPS) is 14.9. The fraction of sp³-hybridized carbons (Fsp3) is 0.353. The van der Waals surface area contributed by atoms with Crippen molar-refractivity contribution >= 4 is 45.0 Å². The molecule has 2 heterocycles. The lowest BCUT2D eigenvalue weighted by atomic mass is 10.3. The average molecular weight is 442 g/mol. The van der Waals surface area contributed by atoms with Gasteiger partial charge in [-0.3, -0.25) is 4.79 Å². The zero-order valence-corrected chi connectivity index (χ0v) is 17.4. The minimum atomic E-state index is -3.59. The van der Waals surface area contributed by atoms with Crippen molar-refractivity contribution in [2.45, 2.75) is 29.4 Å². The molecule has 0 aliphatic carbocycles. The Kier molecular flexibility index (Phi) is 6.76. The molecule has 0 bridgehead atoms. The van der Waals surface area contributed by atoms with Crippen LogP contribution in [0.5, 0.6) is 0 Å². The van der Waals surface area contributed by atoms with Crippen LogP contribution in [0.4, 0.5) is 5.69 Å². The van der Waals surface area contributed by atoms with Crippen LogP contribution >= 0.6 is 23.4 Å².